The molecule has 0 bridgehead atoms. The van der Waals surface area contributed by atoms with Crippen molar-refractivity contribution in [2.75, 3.05) is 18.4 Å². The topological polar surface area (TPSA) is 15.3 Å². The number of piperidine rings is 1. The second-order valence-corrected chi connectivity index (χ2v) is 5.66. The molecule has 1 aromatic carbocycles. The van der Waals surface area contributed by atoms with Crippen LogP contribution in [0.15, 0.2) is 18.2 Å². The number of hydrogen-bond donors (Lipinski definition) is 1. The van der Waals surface area contributed by atoms with Crippen molar-refractivity contribution < 1.29 is 4.39 Å². The maximum Gasteiger partial charge on any atom is 0.126 e. The van der Waals surface area contributed by atoms with Crippen LogP contribution in [0, 0.1) is 12.7 Å². The quantitative estimate of drug-likeness (QED) is 0.864. The van der Waals surface area contributed by atoms with Crippen LogP contribution in [0.2, 0.25) is 0 Å². The first kappa shape index (κ1) is 12.0. The monoisotopic (exact) mass is 248 g/mol. The van der Waals surface area contributed by atoms with Crippen LogP contribution in [0.4, 0.5) is 10.1 Å². The van der Waals surface area contributed by atoms with Gasteiger partial charge in [-0.1, -0.05) is 0 Å². The van der Waals surface area contributed by atoms with Gasteiger partial charge in [0.25, 0.3) is 0 Å². The summed E-state index contributed by atoms with van der Waals surface area (Å²) in [5.74, 6) is -0.119. The summed E-state index contributed by atoms with van der Waals surface area (Å²) < 4.78 is 13.2. The maximum absolute atomic E-state index is 13.2. The molecule has 2 aliphatic rings. The second-order valence-electron chi connectivity index (χ2n) is 5.66. The minimum absolute atomic E-state index is 0.119. The molecule has 3 rings (SSSR count). The maximum atomic E-state index is 13.2. The van der Waals surface area contributed by atoms with Crippen molar-refractivity contribution in [1.29, 1.82) is 0 Å². The van der Waals surface area contributed by atoms with Crippen LogP contribution in [0.1, 0.15) is 31.2 Å². The summed E-state index contributed by atoms with van der Waals surface area (Å²) in [4.78, 5) is 2.62. The SMILES string of the molecule is Cc1cc(NC2CCN3CCCC3C2)ccc1F. The fourth-order valence-corrected chi connectivity index (χ4v) is 3.33. The Kier molecular flexibility index (Phi) is 3.25. The average Bonchev–Trinajstić information content (AvgIpc) is 2.81. The van der Waals surface area contributed by atoms with E-state index < -0.39 is 0 Å². The molecular weight excluding hydrogens is 227 g/mol. The molecule has 0 saturated carbocycles. The van der Waals surface area contributed by atoms with E-state index in [0.29, 0.717) is 6.04 Å². The van der Waals surface area contributed by atoms with Gasteiger partial charge in [-0.25, -0.2) is 4.39 Å². The summed E-state index contributed by atoms with van der Waals surface area (Å²) in [7, 11) is 0. The van der Waals surface area contributed by atoms with Gasteiger partial charge in [0.15, 0.2) is 0 Å². The number of nitrogens with one attached hydrogen (secondary N) is 1. The van der Waals surface area contributed by atoms with Gasteiger partial charge in [-0.15, -0.1) is 0 Å². The van der Waals surface area contributed by atoms with E-state index in [1.165, 1.54) is 38.8 Å². The highest BCUT2D eigenvalue weighted by molar-refractivity contribution is 5.46. The Balaban J connectivity index is 1.64. The van der Waals surface area contributed by atoms with Crippen LogP contribution in [-0.4, -0.2) is 30.1 Å². The Bertz CT molecular complexity index is 433. The molecule has 3 heteroatoms. The van der Waals surface area contributed by atoms with E-state index >= 15 is 0 Å². The number of hydrogen-bond acceptors (Lipinski definition) is 2. The highest BCUT2D eigenvalue weighted by Crippen LogP contribution is 2.28. The van der Waals surface area contributed by atoms with E-state index in [1.54, 1.807) is 6.07 Å². The van der Waals surface area contributed by atoms with Crippen LogP contribution in [-0.2, 0) is 0 Å². The van der Waals surface area contributed by atoms with E-state index in [2.05, 4.69) is 10.2 Å². The zero-order valence-corrected chi connectivity index (χ0v) is 11.0. The molecular formula is C15H21FN2. The lowest BCUT2D eigenvalue weighted by molar-refractivity contribution is 0.188. The van der Waals surface area contributed by atoms with E-state index in [9.17, 15) is 4.39 Å². The van der Waals surface area contributed by atoms with Gasteiger partial charge in [0.05, 0.1) is 0 Å². The first-order valence-electron chi connectivity index (χ1n) is 6.99. The number of halogens is 1. The highest BCUT2D eigenvalue weighted by atomic mass is 19.1. The van der Waals surface area contributed by atoms with Crippen LogP contribution >= 0.6 is 0 Å². The van der Waals surface area contributed by atoms with Gasteiger partial charge in [-0.05, 0) is 62.9 Å². The molecule has 0 amide bonds. The van der Waals surface area contributed by atoms with Gasteiger partial charge in [-0.3, -0.25) is 0 Å². The van der Waals surface area contributed by atoms with E-state index in [0.717, 1.165) is 17.3 Å². The summed E-state index contributed by atoms with van der Waals surface area (Å²) in [6.07, 6.45) is 5.14. The molecule has 1 aromatic rings. The van der Waals surface area contributed by atoms with Gasteiger partial charge in [0.1, 0.15) is 5.82 Å². The fourth-order valence-electron chi connectivity index (χ4n) is 3.33. The van der Waals surface area contributed by atoms with Crippen LogP contribution in [0.5, 0.6) is 0 Å². The molecule has 2 nitrogen and oxygen atoms in total. The Morgan fingerprint density at radius 1 is 1.28 bits per heavy atom. The number of anilines is 1. The van der Waals surface area contributed by atoms with Crippen LogP contribution in [0.25, 0.3) is 0 Å². The Labute approximate surface area is 108 Å². The van der Waals surface area contributed by atoms with Crippen molar-refractivity contribution in [1.82, 2.24) is 4.90 Å². The fraction of sp³-hybridized carbons (Fsp3) is 0.600. The highest BCUT2D eigenvalue weighted by Gasteiger charge is 2.31. The van der Waals surface area contributed by atoms with Crippen molar-refractivity contribution in [3.8, 4) is 0 Å². The Morgan fingerprint density at radius 3 is 3.00 bits per heavy atom. The summed E-state index contributed by atoms with van der Waals surface area (Å²) in [6, 6.07) is 6.65. The van der Waals surface area contributed by atoms with Crippen molar-refractivity contribution in [3.05, 3.63) is 29.6 Å². The van der Waals surface area contributed by atoms with Gasteiger partial charge in [0, 0.05) is 24.3 Å². The molecule has 98 valence electrons. The molecule has 0 radical (unpaired) electrons. The summed E-state index contributed by atoms with van der Waals surface area (Å²) in [6.45, 7) is 4.32. The first-order chi connectivity index (χ1) is 8.72. The largest absolute Gasteiger partial charge is 0.382 e. The third-order valence-electron chi connectivity index (χ3n) is 4.35. The molecule has 2 fully saturated rings. The molecule has 2 atom stereocenters. The van der Waals surface area contributed by atoms with Gasteiger partial charge in [-0.2, -0.15) is 0 Å². The first-order valence-corrected chi connectivity index (χ1v) is 6.99. The minimum Gasteiger partial charge on any atom is -0.382 e. The van der Waals surface area contributed by atoms with Crippen molar-refractivity contribution in [2.24, 2.45) is 0 Å². The molecule has 2 saturated heterocycles. The van der Waals surface area contributed by atoms with Crippen molar-refractivity contribution >= 4 is 5.69 Å². The Hall–Kier alpha value is -1.09. The lowest BCUT2D eigenvalue weighted by Gasteiger charge is -2.35. The summed E-state index contributed by atoms with van der Waals surface area (Å²) in [5.41, 5.74) is 1.78. The zero-order chi connectivity index (χ0) is 12.5. The summed E-state index contributed by atoms with van der Waals surface area (Å²) in [5, 5.41) is 3.57. The zero-order valence-electron chi connectivity index (χ0n) is 11.0. The Morgan fingerprint density at radius 2 is 2.17 bits per heavy atom. The molecule has 0 aromatic heterocycles. The predicted molar refractivity (Wildman–Crippen MR) is 72.4 cm³/mol. The number of rotatable bonds is 2. The smallest absolute Gasteiger partial charge is 0.126 e. The molecule has 2 unspecified atom stereocenters. The molecule has 0 aliphatic carbocycles. The van der Waals surface area contributed by atoms with Crippen LogP contribution < -0.4 is 5.32 Å². The van der Waals surface area contributed by atoms with E-state index in [-0.39, 0.29) is 5.82 Å². The molecule has 1 N–H and O–H groups in total. The standard InChI is InChI=1S/C15H21FN2/c1-11-9-12(4-5-15(11)16)17-13-6-8-18-7-2-3-14(18)10-13/h4-5,9,13-14,17H,2-3,6-8,10H2,1H3. The second kappa shape index (κ2) is 4.88. The predicted octanol–water partition coefficient (Wildman–Crippen LogP) is 3.17. The van der Waals surface area contributed by atoms with E-state index in [4.69, 9.17) is 0 Å². The third-order valence-corrected chi connectivity index (χ3v) is 4.35. The van der Waals surface area contributed by atoms with Crippen molar-refractivity contribution in [2.45, 2.75) is 44.7 Å². The third kappa shape index (κ3) is 2.37. The van der Waals surface area contributed by atoms with Crippen molar-refractivity contribution in [3.63, 3.8) is 0 Å². The lowest BCUT2D eigenvalue weighted by Crippen LogP contribution is -2.42. The van der Waals surface area contributed by atoms with Gasteiger partial charge < -0.3 is 10.2 Å². The number of aryl methyl sites for hydroxylation is 1. The van der Waals surface area contributed by atoms with E-state index in [1.807, 2.05) is 19.1 Å². The van der Waals surface area contributed by atoms with Gasteiger partial charge >= 0.3 is 0 Å². The number of fused-ring (bicyclic) bond motifs is 1. The lowest BCUT2D eigenvalue weighted by atomic mass is 9.97. The molecule has 18 heavy (non-hydrogen) atoms. The normalized spacial score (nSPS) is 28.1. The molecule has 0 spiro atoms. The average molecular weight is 248 g/mol. The summed E-state index contributed by atoms with van der Waals surface area (Å²) >= 11 is 0. The number of nitrogens with zero attached hydrogens (tertiary/aromatic N) is 1. The minimum atomic E-state index is -0.119. The van der Waals surface area contributed by atoms with Gasteiger partial charge in [0.2, 0.25) is 0 Å². The molecule has 2 aliphatic heterocycles. The van der Waals surface area contributed by atoms with Crippen LogP contribution in [0.3, 0.4) is 0 Å². The molecule has 2 heterocycles. The number of benzene rings is 1.